The van der Waals surface area contributed by atoms with Gasteiger partial charge in [-0.2, -0.15) is 0 Å². The third-order valence-corrected chi connectivity index (χ3v) is 5.98. The zero-order valence-electron chi connectivity index (χ0n) is 12.1. The van der Waals surface area contributed by atoms with Gasteiger partial charge in [0.25, 0.3) is 10.0 Å². The van der Waals surface area contributed by atoms with Crippen LogP contribution in [0.15, 0.2) is 47.4 Å². The Labute approximate surface area is 125 Å². The number of nitrogen functional groups attached to an aromatic ring is 1. The number of rotatable bonds is 2. The van der Waals surface area contributed by atoms with Gasteiger partial charge < -0.3 is 5.73 Å². The molecule has 4 nitrogen and oxygen atoms in total. The molecule has 1 aliphatic heterocycles. The van der Waals surface area contributed by atoms with Crippen LogP contribution in [0.2, 0.25) is 0 Å². The lowest BCUT2D eigenvalue weighted by atomic mass is 10.1. The highest BCUT2D eigenvalue weighted by Gasteiger charge is 2.36. The number of benzene rings is 2. The molecule has 3 rings (SSSR count). The van der Waals surface area contributed by atoms with Crippen molar-refractivity contribution in [2.75, 3.05) is 10.0 Å². The fraction of sp³-hybridized carbons (Fsp3) is 0.250. The summed E-state index contributed by atoms with van der Waals surface area (Å²) in [6.45, 7) is 3.74. The average molecular weight is 302 g/mol. The molecule has 0 bridgehead atoms. The molecule has 0 aliphatic carbocycles. The number of nitrogens with two attached hydrogens (primary N) is 1. The van der Waals surface area contributed by atoms with Crippen LogP contribution in [-0.4, -0.2) is 14.5 Å². The summed E-state index contributed by atoms with van der Waals surface area (Å²) in [5, 5.41) is 0. The van der Waals surface area contributed by atoms with Gasteiger partial charge >= 0.3 is 0 Å². The molecule has 2 aromatic rings. The molecule has 1 heterocycles. The second-order valence-electron chi connectivity index (χ2n) is 5.51. The summed E-state index contributed by atoms with van der Waals surface area (Å²) in [5.74, 6) is 0. The van der Waals surface area contributed by atoms with Gasteiger partial charge in [0.15, 0.2) is 0 Å². The quantitative estimate of drug-likeness (QED) is 0.868. The van der Waals surface area contributed by atoms with E-state index in [1.165, 1.54) is 4.31 Å². The van der Waals surface area contributed by atoms with E-state index in [1.54, 1.807) is 24.3 Å². The maximum Gasteiger partial charge on any atom is 0.264 e. The highest BCUT2D eigenvalue weighted by molar-refractivity contribution is 7.93. The van der Waals surface area contributed by atoms with Gasteiger partial charge in [0, 0.05) is 11.7 Å². The lowest BCUT2D eigenvalue weighted by molar-refractivity contribution is 0.583. The molecule has 0 saturated carbocycles. The van der Waals surface area contributed by atoms with Crippen molar-refractivity contribution in [1.29, 1.82) is 0 Å². The molecule has 0 radical (unpaired) electrons. The van der Waals surface area contributed by atoms with E-state index in [1.807, 2.05) is 32.0 Å². The SMILES string of the molecule is Cc1ccccc1S(=O)(=O)N1c2ccc(N)cc2CC1C. The molecular formula is C16H18N2O2S. The predicted octanol–water partition coefficient (Wildman–Crippen LogP) is 2.72. The smallest absolute Gasteiger partial charge is 0.264 e. The zero-order chi connectivity index (χ0) is 15.2. The summed E-state index contributed by atoms with van der Waals surface area (Å²) in [4.78, 5) is 0.363. The third kappa shape index (κ3) is 2.17. The first kappa shape index (κ1) is 13.9. The molecule has 0 spiro atoms. The largest absolute Gasteiger partial charge is 0.399 e. The van der Waals surface area contributed by atoms with Gasteiger partial charge in [-0.3, -0.25) is 4.31 Å². The van der Waals surface area contributed by atoms with Gasteiger partial charge in [0.1, 0.15) is 0 Å². The van der Waals surface area contributed by atoms with Crippen molar-refractivity contribution in [3.63, 3.8) is 0 Å². The summed E-state index contributed by atoms with van der Waals surface area (Å²) in [7, 11) is -3.55. The van der Waals surface area contributed by atoms with Gasteiger partial charge in [-0.25, -0.2) is 8.42 Å². The van der Waals surface area contributed by atoms with Crippen LogP contribution in [0.1, 0.15) is 18.1 Å². The molecule has 5 heteroatoms. The second kappa shape index (κ2) is 4.77. The fourth-order valence-electron chi connectivity index (χ4n) is 2.94. The average Bonchev–Trinajstić information content (AvgIpc) is 2.74. The van der Waals surface area contributed by atoms with Crippen LogP contribution in [0.25, 0.3) is 0 Å². The Bertz CT molecular complexity index is 800. The van der Waals surface area contributed by atoms with Crippen LogP contribution in [-0.2, 0) is 16.4 Å². The van der Waals surface area contributed by atoms with Crippen molar-refractivity contribution >= 4 is 21.4 Å². The molecule has 0 saturated heterocycles. The molecular weight excluding hydrogens is 284 g/mol. The first-order valence-corrected chi connectivity index (χ1v) is 8.34. The molecule has 0 aromatic heterocycles. The number of nitrogens with zero attached hydrogens (tertiary/aromatic N) is 1. The van der Waals surface area contributed by atoms with Gasteiger partial charge in [-0.15, -0.1) is 0 Å². The number of sulfonamides is 1. The van der Waals surface area contributed by atoms with E-state index in [2.05, 4.69) is 0 Å². The van der Waals surface area contributed by atoms with E-state index in [9.17, 15) is 8.42 Å². The van der Waals surface area contributed by atoms with Gasteiger partial charge in [-0.05, 0) is 55.7 Å². The van der Waals surface area contributed by atoms with Crippen LogP contribution >= 0.6 is 0 Å². The molecule has 2 N–H and O–H groups in total. The topological polar surface area (TPSA) is 63.4 Å². The maximum absolute atomic E-state index is 13.0. The summed E-state index contributed by atoms with van der Waals surface area (Å²) in [6, 6.07) is 12.4. The van der Waals surface area contributed by atoms with Gasteiger partial charge in [0.05, 0.1) is 10.6 Å². The van der Waals surface area contributed by atoms with Crippen LogP contribution in [0.4, 0.5) is 11.4 Å². The number of anilines is 2. The minimum atomic E-state index is -3.55. The molecule has 110 valence electrons. The summed E-state index contributed by atoms with van der Waals surface area (Å²) in [6.07, 6.45) is 0.686. The molecule has 1 atom stereocenters. The Hall–Kier alpha value is -2.01. The summed E-state index contributed by atoms with van der Waals surface area (Å²) in [5.41, 5.74) is 8.94. The second-order valence-corrected chi connectivity index (χ2v) is 7.29. The third-order valence-electron chi connectivity index (χ3n) is 3.89. The minimum absolute atomic E-state index is 0.105. The first-order chi connectivity index (χ1) is 9.91. The molecule has 21 heavy (non-hydrogen) atoms. The molecule has 1 aliphatic rings. The number of hydrogen-bond donors (Lipinski definition) is 1. The van der Waals surface area contributed by atoms with Crippen molar-refractivity contribution in [3.05, 3.63) is 53.6 Å². The summed E-state index contributed by atoms with van der Waals surface area (Å²) < 4.78 is 27.5. The Morgan fingerprint density at radius 1 is 1.19 bits per heavy atom. The van der Waals surface area contributed by atoms with Crippen molar-refractivity contribution in [2.24, 2.45) is 0 Å². The predicted molar refractivity (Wildman–Crippen MR) is 84.9 cm³/mol. The van der Waals surface area contributed by atoms with E-state index in [-0.39, 0.29) is 6.04 Å². The van der Waals surface area contributed by atoms with E-state index in [0.717, 1.165) is 16.8 Å². The molecule has 2 aromatic carbocycles. The molecule has 1 unspecified atom stereocenters. The van der Waals surface area contributed by atoms with Gasteiger partial charge in [-0.1, -0.05) is 18.2 Å². The van der Waals surface area contributed by atoms with Crippen molar-refractivity contribution in [2.45, 2.75) is 31.2 Å². The first-order valence-electron chi connectivity index (χ1n) is 6.90. The number of aryl methyl sites for hydroxylation is 1. The lowest BCUT2D eigenvalue weighted by Crippen LogP contribution is -2.36. The fourth-order valence-corrected chi connectivity index (χ4v) is 4.86. The van der Waals surface area contributed by atoms with E-state index < -0.39 is 10.0 Å². The zero-order valence-corrected chi connectivity index (χ0v) is 12.9. The Balaban J connectivity index is 2.15. The van der Waals surface area contributed by atoms with Crippen LogP contribution in [0.3, 0.4) is 0 Å². The van der Waals surface area contributed by atoms with Crippen LogP contribution < -0.4 is 10.0 Å². The van der Waals surface area contributed by atoms with Crippen molar-refractivity contribution < 1.29 is 8.42 Å². The molecule has 0 amide bonds. The standard InChI is InChI=1S/C16H18N2O2S/c1-11-5-3-4-6-16(11)21(19,20)18-12(2)9-13-10-14(17)7-8-15(13)18/h3-8,10,12H,9,17H2,1-2H3. The van der Waals surface area contributed by atoms with E-state index >= 15 is 0 Å². The van der Waals surface area contributed by atoms with Crippen LogP contribution in [0.5, 0.6) is 0 Å². The van der Waals surface area contributed by atoms with E-state index in [0.29, 0.717) is 17.0 Å². The monoisotopic (exact) mass is 302 g/mol. The number of hydrogen-bond acceptors (Lipinski definition) is 3. The Kier molecular flexibility index (Phi) is 3.17. The lowest BCUT2D eigenvalue weighted by Gasteiger charge is -2.25. The highest BCUT2D eigenvalue weighted by atomic mass is 32.2. The number of fused-ring (bicyclic) bond motifs is 1. The molecule has 0 fully saturated rings. The maximum atomic E-state index is 13.0. The van der Waals surface area contributed by atoms with Crippen molar-refractivity contribution in [1.82, 2.24) is 0 Å². The normalized spacial score (nSPS) is 17.8. The highest BCUT2D eigenvalue weighted by Crippen LogP contribution is 2.38. The van der Waals surface area contributed by atoms with E-state index in [4.69, 9.17) is 5.73 Å². The van der Waals surface area contributed by atoms with Crippen LogP contribution in [0, 0.1) is 6.92 Å². The van der Waals surface area contributed by atoms with Gasteiger partial charge in [0.2, 0.25) is 0 Å². The Morgan fingerprint density at radius 3 is 2.62 bits per heavy atom. The van der Waals surface area contributed by atoms with Crippen molar-refractivity contribution in [3.8, 4) is 0 Å². The minimum Gasteiger partial charge on any atom is -0.399 e. The summed E-state index contributed by atoms with van der Waals surface area (Å²) >= 11 is 0. The Morgan fingerprint density at radius 2 is 1.90 bits per heavy atom.